The molecule has 0 radical (unpaired) electrons. The van der Waals surface area contributed by atoms with Crippen LogP contribution in [-0.4, -0.2) is 35.8 Å². The zero-order valence-electron chi connectivity index (χ0n) is 21.7. The van der Waals surface area contributed by atoms with E-state index in [1.165, 1.54) is 22.6 Å². The van der Waals surface area contributed by atoms with Crippen LogP contribution in [0, 0.1) is 23.1 Å². The number of hydrogen-bond donors (Lipinski definition) is 2. The number of halogens is 1. The molecule has 1 aliphatic rings. The molecule has 4 N–H and O–H groups in total. The lowest BCUT2D eigenvalue weighted by Gasteiger charge is -2.34. The summed E-state index contributed by atoms with van der Waals surface area (Å²) in [5.41, 5.74) is 16.7. The van der Waals surface area contributed by atoms with E-state index in [4.69, 9.17) is 16.7 Å². The molecule has 1 atom stereocenters. The molecule has 4 aromatic rings. The van der Waals surface area contributed by atoms with Crippen LogP contribution in [0.3, 0.4) is 0 Å². The first-order chi connectivity index (χ1) is 19.3. The van der Waals surface area contributed by atoms with E-state index in [-0.39, 0.29) is 22.7 Å². The summed E-state index contributed by atoms with van der Waals surface area (Å²) in [7, 11) is -3.69. The second-order valence-electron chi connectivity index (χ2n) is 9.87. The van der Waals surface area contributed by atoms with Gasteiger partial charge >= 0.3 is 0 Å². The Morgan fingerprint density at radius 3 is 2.23 bits per heavy atom. The Balaban J connectivity index is 1.28. The fourth-order valence-electron chi connectivity index (χ4n) is 4.99. The summed E-state index contributed by atoms with van der Waals surface area (Å²) in [5, 5.41) is 8.89. The van der Waals surface area contributed by atoms with Crippen molar-refractivity contribution in [1.29, 1.82) is 5.26 Å². The Bertz CT molecular complexity index is 1630. The number of benzene rings is 3. The molecule has 0 unspecified atom stereocenters. The molecule has 1 aromatic heterocycles. The van der Waals surface area contributed by atoms with Crippen LogP contribution >= 0.6 is 0 Å². The Labute approximate surface area is 233 Å². The average molecular weight is 557 g/mol. The molecule has 40 heavy (non-hydrogen) atoms. The number of piperidine rings is 1. The minimum atomic E-state index is -3.69. The molecule has 1 aliphatic heterocycles. The van der Waals surface area contributed by atoms with Crippen molar-refractivity contribution in [2.75, 3.05) is 18.8 Å². The number of hydrogen-bond acceptors (Lipinski definition) is 7. The predicted octanol–water partition coefficient (Wildman–Crippen LogP) is 4.70. The molecule has 1 saturated heterocycles. The van der Waals surface area contributed by atoms with Gasteiger partial charge in [-0.25, -0.2) is 22.8 Å². The highest BCUT2D eigenvalue weighted by molar-refractivity contribution is 7.89. The summed E-state index contributed by atoms with van der Waals surface area (Å²) in [6.45, 7) is 0.725. The Kier molecular flexibility index (Phi) is 7.89. The van der Waals surface area contributed by atoms with Gasteiger partial charge in [-0.1, -0.05) is 36.4 Å². The molecule has 5 rings (SSSR count). The molecule has 0 bridgehead atoms. The van der Waals surface area contributed by atoms with Gasteiger partial charge < -0.3 is 11.5 Å². The van der Waals surface area contributed by atoms with Crippen LogP contribution < -0.4 is 11.5 Å². The normalized spacial score (nSPS) is 15.4. The van der Waals surface area contributed by atoms with Gasteiger partial charge in [0.1, 0.15) is 5.82 Å². The van der Waals surface area contributed by atoms with Crippen LogP contribution in [0.1, 0.15) is 30.0 Å². The molecule has 1 fully saturated rings. The van der Waals surface area contributed by atoms with Gasteiger partial charge in [0.15, 0.2) is 5.82 Å². The molecule has 0 spiro atoms. The number of nitrogens with zero attached hydrogens (tertiary/aromatic N) is 4. The van der Waals surface area contributed by atoms with Gasteiger partial charge in [-0.2, -0.15) is 9.57 Å². The smallest absolute Gasteiger partial charge is 0.243 e. The van der Waals surface area contributed by atoms with Gasteiger partial charge in [0.2, 0.25) is 10.0 Å². The first-order valence-electron chi connectivity index (χ1n) is 13.0. The maximum atomic E-state index is 13.4. The quantitative estimate of drug-likeness (QED) is 0.336. The molecular formula is C30H29FN6O2S. The fraction of sp³-hybridized carbons (Fsp3) is 0.233. The molecule has 3 aromatic carbocycles. The van der Waals surface area contributed by atoms with E-state index >= 15 is 0 Å². The predicted molar refractivity (Wildman–Crippen MR) is 151 cm³/mol. The number of nitrogens with two attached hydrogens (primary N) is 2. The summed E-state index contributed by atoms with van der Waals surface area (Å²) >= 11 is 0. The molecular weight excluding hydrogens is 527 g/mol. The third-order valence-corrected chi connectivity index (χ3v) is 9.25. The summed E-state index contributed by atoms with van der Waals surface area (Å²) < 4.78 is 41.5. The van der Waals surface area contributed by atoms with Crippen molar-refractivity contribution in [1.82, 2.24) is 14.3 Å². The molecule has 0 amide bonds. The van der Waals surface area contributed by atoms with E-state index in [1.54, 1.807) is 36.4 Å². The van der Waals surface area contributed by atoms with Crippen molar-refractivity contribution in [3.63, 3.8) is 0 Å². The first kappa shape index (κ1) is 27.4. The van der Waals surface area contributed by atoms with E-state index in [0.29, 0.717) is 55.1 Å². The summed E-state index contributed by atoms with van der Waals surface area (Å²) in [6.07, 6.45) is 3.10. The Morgan fingerprint density at radius 1 is 0.975 bits per heavy atom. The standard InChI is InChI=1S/C30H29FN6O2S/c31-25-9-5-21(6-10-25)28(34)22-14-17-37(18-15-22)40(38,39)26-11-7-24(8-12-26)30-35-19-27(33)29(36-30)23-3-1-20(2-4-23)13-16-32/h1-12,19,22,28H,13-15,17-18,33-34H2/t28-/m0/s1. The second-order valence-corrected chi connectivity index (χ2v) is 11.8. The SMILES string of the molecule is N#CCc1ccc(-c2nc(-c3ccc(S(=O)(=O)N4CCC([C@@H](N)c5ccc(F)cc5)CC4)cc3)ncc2N)cc1. The van der Waals surface area contributed by atoms with Gasteiger partial charge in [-0.05, 0) is 66.3 Å². The van der Waals surface area contributed by atoms with Crippen LogP contribution in [0.4, 0.5) is 10.1 Å². The summed E-state index contributed by atoms with van der Waals surface area (Å²) in [4.78, 5) is 9.17. The fourth-order valence-corrected chi connectivity index (χ4v) is 6.46. The van der Waals surface area contributed by atoms with Crippen molar-refractivity contribution < 1.29 is 12.8 Å². The van der Waals surface area contributed by atoms with E-state index in [0.717, 1.165) is 16.7 Å². The number of aromatic nitrogens is 2. The maximum absolute atomic E-state index is 13.4. The molecule has 8 nitrogen and oxygen atoms in total. The third-order valence-electron chi connectivity index (χ3n) is 7.34. The molecule has 0 aliphatic carbocycles. The first-order valence-corrected chi connectivity index (χ1v) is 14.4. The molecule has 10 heteroatoms. The number of sulfonamides is 1. The lowest BCUT2D eigenvalue weighted by atomic mass is 9.86. The largest absolute Gasteiger partial charge is 0.396 e. The van der Waals surface area contributed by atoms with Crippen LogP contribution in [0.2, 0.25) is 0 Å². The van der Waals surface area contributed by atoms with Gasteiger partial charge in [0.05, 0.1) is 35.0 Å². The number of nitrogen functional groups attached to an aromatic ring is 1. The average Bonchev–Trinajstić information content (AvgIpc) is 2.98. The van der Waals surface area contributed by atoms with E-state index in [2.05, 4.69) is 16.0 Å². The van der Waals surface area contributed by atoms with E-state index in [1.807, 2.05) is 24.3 Å². The lowest BCUT2D eigenvalue weighted by molar-refractivity contribution is 0.245. The highest BCUT2D eigenvalue weighted by Crippen LogP contribution is 2.32. The van der Waals surface area contributed by atoms with E-state index < -0.39 is 10.0 Å². The number of rotatable bonds is 7. The van der Waals surface area contributed by atoms with Crippen LogP contribution in [0.25, 0.3) is 22.6 Å². The van der Waals surface area contributed by atoms with Crippen molar-refractivity contribution in [2.24, 2.45) is 11.7 Å². The second kappa shape index (κ2) is 11.5. The van der Waals surface area contributed by atoms with Crippen molar-refractivity contribution >= 4 is 15.7 Å². The minimum absolute atomic E-state index is 0.110. The zero-order valence-corrected chi connectivity index (χ0v) is 22.6. The maximum Gasteiger partial charge on any atom is 0.243 e. The van der Waals surface area contributed by atoms with Gasteiger partial charge in [-0.3, -0.25) is 0 Å². The van der Waals surface area contributed by atoms with E-state index in [9.17, 15) is 12.8 Å². The van der Waals surface area contributed by atoms with Crippen molar-refractivity contribution in [2.45, 2.75) is 30.2 Å². The number of anilines is 1. The van der Waals surface area contributed by atoms with Crippen LogP contribution in [-0.2, 0) is 16.4 Å². The monoisotopic (exact) mass is 556 g/mol. The van der Waals surface area contributed by atoms with Crippen molar-refractivity contribution in [3.8, 4) is 28.7 Å². The van der Waals surface area contributed by atoms with Gasteiger partial charge in [0.25, 0.3) is 0 Å². The molecule has 0 saturated carbocycles. The van der Waals surface area contributed by atoms with Crippen molar-refractivity contribution in [3.05, 3.63) is 95.9 Å². The number of nitriles is 1. The van der Waals surface area contributed by atoms with Gasteiger partial charge in [-0.15, -0.1) is 0 Å². The topological polar surface area (TPSA) is 139 Å². The third kappa shape index (κ3) is 5.72. The zero-order chi connectivity index (χ0) is 28.3. The lowest BCUT2D eigenvalue weighted by Crippen LogP contribution is -2.40. The minimum Gasteiger partial charge on any atom is -0.396 e. The molecule has 2 heterocycles. The Morgan fingerprint density at radius 2 is 1.60 bits per heavy atom. The summed E-state index contributed by atoms with van der Waals surface area (Å²) in [6, 6.07) is 22.0. The van der Waals surface area contributed by atoms with Gasteiger partial charge in [0, 0.05) is 30.3 Å². The Hall–Kier alpha value is -4.17. The highest BCUT2D eigenvalue weighted by Gasteiger charge is 2.32. The molecule has 204 valence electrons. The van der Waals surface area contributed by atoms with Crippen LogP contribution in [0.15, 0.2) is 83.9 Å². The highest BCUT2D eigenvalue weighted by atomic mass is 32.2. The summed E-state index contributed by atoms with van der Waals surface area (Å²) in [5.74, 6) is 0.220. The van der Waals surface area contributed by atoms with Crippen LogP contribution in [0.5, 0.6) is 0 Å².